The van der Waals surface area contributed by atoms with Gasteiger partial charge in [0.1, 0.15) is 0 Å². The average Bonchev–Trinajstić information content (AvgIpc) is 2.69. The fraction of sp³-hybridized carbons (Fsp3) is 0.533. The summed E-state index contributed by atoms with van der Waals surface area (Å²) in [5, 5.41) is 0. The van der Waals surface area contributed by atoms with Crippen LogP contribution in [0.5, 0.6) is 0 Å². The molecule has 0 spiro atoms. The Hall–Kier alpha value is -2.07. The molecule has 0 aromatic heterocycles. The first kappa shape index (κ1) is 15.0. The minimum Gasteiger partial charge on any atom is -0.298 e. The van der Waals surface area contributed by atoms with Crippen LogP contribution in [0.1, 0.15) is 45.4 Å². The second kappa shape index (κ2) is 8.11. The first-order valence-corrected chi connectivity index (χ1v) is 6.45. The molecule has 100 valence electrons. The summed E-state index contributed by atoms with van der Waals surface area (Å²) in [7, 11) is 0. The SMILES string of the molecule is CCCC#CC#CCCC(=O)CN1C(=O)CCC1=O. The number of carbonyl (C=O) groups is 3. The van der Waals surface area contributed by atoms with Gasteiger partial charge in [-0.15, -0.1) is 0 Å². The number of Topliss-reactive ketones (excluding diaryl/α,β-unsaturated/α-hetero) is 1. The van der Waals surface area contributed by atoms with Crippen LogP contribution < -0.4 is 0 Å². The van der Waals surface area contributed by atoms with E-state index in [9.17, 15) is 14.4 Å². The van der Waals surface area contributed by atoms with E-state index in [4.69, 9.17) is 0 Å². The van der Waals surface area contributed by atoms with Crippen molar-refractivity contribution in [3.63, 3.8) is 0 Å². The predicted octanol–water partition coefficient (Wildman–Crippen LogP) is 1.29. The van der Waals surface area contributed by atoms with Gasteiger partial charge in [-0.3, -0.25) is 19.3 Å². The molecular weight excluding hydrogens is 242 g/mol. The van der Waals surface area contributed by atoms with E-state index in [1.54, 1.807) is 0 Å². The van der Waals surface area contributed by atoms with Gasteiger partial charge < -0.3 is 0 Å². The van der Waals surface area contributed by atoms with Crippen molar-refractivity contribution in [3.05, 3.63) is 0 Å². The molecule has 0 aromatic carbocycles. The van der Waals surface area contributed by atoms with E-state index in [0.29, 0.717) is 6.42 Å². The van der Waals surface area contributed by atoms with Crippen LogP contribution in [-0.2, 0) is 14.4 Å². The number of rotatable bonds is 5. The lowest BCUT2D eigenvalue weighted by Crippen LogP contribution is -2.34. The van der Waals surface area contributed by atoms with E-state index in [-0.39, 0.29) is 43.4 Å². The topological polar surface area (TPSA) is 54.5 Å². The fourth-order valence-electron chi connectivity index (χ4n) is 1.59. The van der Waals surface area contributed by atoms with Crippen LogP contribution in [0, 0.1) is 23.7 Å². The maximum atomic E-state index is 11.6. The quantitative estimate of drug-likeness (QED) is 0.552. The molecule has 1 fully saturated rings. The monoisotopic (exact) mass is 259 g/mol. The molecule has 1 heterocycles. The molecule has 0 aliphatic carbocycles. The van der Waals surface area contributed by atoms with Crippen molar-refractivity contribution < 1.29 is 14.4 Å². The molecule has 1 rings (SSSR count). The summed E-state index contributed by atoms with van der Waals surface area (Å²) in [6, 6.07) is 0. The Bertz CT molecular complexity index is 469. The number of unbranched alkanes of at least 4 members (excludes halogenated alkanes) is 1. The van der Waals surface area contributed by atoms with Crippen LogP contribution in [0.4, 0.5) is 0 Å². The molecule has 1 aliphatic rings. The van der Waals surface area contributed by atoms with Crippen molar-refractivity contribution in [1.29, 1.82) is 0 Å². The number of hydrogen-bond donors (Lipinski definition) is 0. The molecule has 1 saturated heterocycles. The van der Waals surface area contributed by atoms with Crippen molar-refractivity contribution in [2.75, 3.05) is 6.54 Å². The molecule has 0 radical (unpaired) electrons. The predicted molar refractivity (Wildman–Crippen MR) is 70.7 cm³/mol. The highest BCUT2D eigenvalue weighted by molar-refractivity contribution is 6.04. The third-order valence-corrected chi connectivity index (χ3v) is 2.63. The molecule has 0 bridgehead atoms. The third kappa shape index (κ3) is 5.40. The van der Waals surface area contributed by atoms with Gasteiger partial charge in [-0.1, -0.05) is 18.8 Å². The number of hydrogen-bond acceptors (Lipinski definition) is 3. The Kier molecular flexibility index (Phi) is 6.39. The zero-order chi connectivity index (χ0) is 14.1. The zero-order valence-corrected chi connectivity index (χ0v) is 11.1. The van der Waals surface area contributed by atoms with E-state index >= 15 is 0 Å². The number of carbonyl (C=O) groups excluding carboxylic acids is 3. The fourth-order valence-corrected chi connectivity index (χ4v) is 1.59. The van der Waals surface area contributed by atoms with Crippen LogP contribution >= 0.6 is 0 Å². The van der Waals surface area contributed by atoms with Crippen molar-refractivity contribution in [3.8, 4) is 23.7 Å². The molecule has 2 amide bonds. The highest BCUT2D eigenvalue weighted by Gasteiger charge is 2.29. The molecule has 0 saturated carbocycles. The van der Waals surface area contributed by atoms with E-state index < -0.39 is 0 Å². The Labute approximate surface area is 113 Å². The summed E-state index contributed by atoms with van der Waals surface area (Å²) in [6.45, 7) is 1.93. The molecule has 0 N–H and O–H groups in total. The van der Waals surface area contributed by atoms with Crippen molar-refractivity contribution in [1.82, 2.24) is 4.90 Å². The lowest BCUT2D eigenvalue weighted by molar-refractivity contribution is -0.141. The number of amides is 2. The largest absolute Gasteiger partial charge is 0.298 e. The van der Waals surface area contributed by atoms with Gasteiger partial charge in [0.25, 0.3) is 0 Å². The van der Waals surface area contributed by atoms with Crippen LogP contribution in [0.15, 0.2) is 0 Å². The Morgan fingerprint density at radius 2 is 1.68 bits per heavy atom. The van der Waals surface area contributed by atoms with Crippen LogP contribution in [0.3, 0.4) is 0 Å². The highest BCUT2D eigenvalue weighted by atomic mass is 16.2. The van der Waals surface area contributed by atoms with E-state index in [1.807, 2.05) is 6.92 Å². The van der Waals surface area contributed by atoms with Gasteiger partial charge in [-0.2, -0.15) is 0 Å². The summed E-state index contributed by atoms with van der Waals surface area (Å²) in [6.07, 6.45) is 2.94. The number of imide groups is 1. The van der Waals surface area contributed by atoms with E-state index in [0.717, 1.165) is 17.7 Å². The van der Waals surface area contributed by atoms with Gasteiger partial charge in [-0.25, -0.2) is 0 Å². The molecule has 4 heteroatoms. The summed E-state index contributed by atoms with van der Waals surface area (Å²) < 4.78 is 0. The number of likely N-dealkylation sites (tertiary alicyclic amines) is 1. The van der Waals surface area contributed by atoms with Crippen molar-refractivity contribution in [2.45, 2.75) is 45.4 Å². The number of nitrogens with zero attached hydrogens (tertiary/aromatic N) is 1. The normalized spacial score (nSPS) is 13.6. The van der Waals surface area contributed by atoms with E-state index in [1.165, 1.54) is 0 Å². The highest BCUT2D eigenvalue weighted by Crippen LogP contribution is 2.11. The molecule has 0 atom stereocenters. The maximum Gasteiger partial charge on any atom is 0.230 e. The minimum atomic E-state index is -0.255. The zero-order valence-electron chi connectivity index (χ0n) is 11.1. The molecule has 0 unspecified atom stereocenters. The molecule has 0 aromatic rings. The number of ketones is 1. The van der Waals surface area contributed by atoms with Gasteiger partial charge in [0, 0.05) is 32.1 Å². The molecular formula is C15H17NO3. The van der Waals surface area contributed by atoms with Crippen molar-refractivity contribution >= 4 is 17.6 Å². The van der Waals surface area contributed by atoms with Gasteiger partial charge >= 0.3 is 0 Å². The summed E-state index contributed by atoms with van der Waals surface area (Å²) in [5.41, 5.74) is 0. The third-order valence-electron chi connectivity index (χ3n) is 2.63. The lowest BCUT2D eigenvalue weighted by Gasteiger charge is -2.11. The van der Waals surface area contributed by atoms with E-state index in [2.05, 4.69) is 23.7 Å². The Balaban J connectivity index is 2.27. The Morgan fingerprint density at radius 1 is 1.11 bits per heavy atom. The first-order valence-electron chi connectivity index (χ1n) is 6.45. The van der Waals surface area contributed by atoms with Crippen LogP contribution in [0.2, 0.25) is 0 Å². The standard InChI is InChI=1S/C15H17NO3/c1-2-3-4-5-6-7-8-9-13(17)12-16-14(18)10-11-15(16)19/h2-3,8-12H2,1H3. The van der Waals surface area contributed by atoms with Gasteiger partial charge in [0.15, 0.2) is 5.78 Å². The minimum absolute atomic E-state index is 0.110. The summed E-state index contributed by atoms with van der Waals surface area (Å²) >= 11 is 0. The van der Waals surface area contributed by atoms with Crippen LogP contribution in [0.25, 0.3) is 0 Å². The van der Waals surface area contributed by atoms with Gasteiger partial charge in [-0.05, 0) is 18.3 Å². The van der Waals surface area contributed by atoms with Gasteiger partial charge in [0.05, 0.1) is 6.54 Å². The van der Waals surface area contributed by atoms with Crippen molar-refractivity contribution in [2.24, 2.45) is 0 Å². The summed E-state index contributed by atoms with van der Waals surface area (Å²) in [5.74, 6) is 10.4. The second-order valence-electron chi connectivity index (χ2n) is 4.27. The van der Waals surface area contributed by atoms with Gasteiger partial charge in [0.2, 0.25) is 11.8 Å². The first-order chi connectivity index (χ1) is 9.15. The summed E-state index contributed by atoms with van der Waals surface area (Å²) in [4.78, 5) is 35.2. The molecule has 4 nitrogen and oxygen atoms in total. The average molecular weight is 259 g/mol. The van der Waals surface area contributed by atoms with Crippen LogP contribution in [-0.4, -0.2) is 29.0 Å². The second-order valence-corrected chi connectivity index (χ2v) is 4.27. The Morgan fingerprint density at radius 3 is 2.26 bits per heavy atom. The smallest absolute Gasteiger partial charge is 0.230 e. The molecule has 1 aliphatic heterocycles. The molecule has 19 heavy (non-hydrogen) atoms. The maximum absolute atomic E-state index is 11.6. The lowest BCUT2D eigenvalue weighted by atomic mass is 10.2.